The molecule has 0 radical (unpaired) electrons. The molecule has 5 heteroatoms. The molecule has 1 aliphatic rings. The van der Waals surface area contributed by atoms with Crippen molar-refractivity contribution in [3.05, 3.63) is 30.1 Å². The number of anilines is 1. The SMILES string of the molecule is O=C(NC(=O)C1CC1)Nc1cccc(F)c1. The Kier molecular flexibility index (Phi) is 2.85. The van der Waals surface area contributed by atoms with Crippen LogP contribution in [0.15, 0.2) is 24.3 Å². The Bertz CT molecular complexity index is 430. The zero-order valence-corrected chi connectivity index (χ0v) is 8.50. The second kappa shape index (κ2) is 4.30. The van der Waals surface area contributed by atoms with Crippen molar-refractivity contribution in [3.63, 3.8) is 0 Å². The van der Waals surface area contributed by atoms with Crippen LogP contribution in [0.5, 0.6) is 0 Å². The summed E-state index contributed by atoms with van der Waals surface area (Å²) in [6, 6.07) is 4.86. The van der Waals surface area contributed by atoms with Crippen LogP contribution in [-0.2, 0) is 4.79 Å². The fraction of sp³-hybridized carbons (Fsp3) is 0.273. The Morgan fingerprint density at radius 2 is 2.06 bits per heavy atom. The number of benzene rings is 1. The lowest BCUT2D eigenvalue weighted by atomic mass is 10.3. The normalized spacial score (nSPS) is 14.3. The minimum absolute atomic E-state index is 0.0294. The fourth-order valence-electron chi connectivity index (χ4n) is 1.29. The highest BCUT2D eigenvalue weighted by atomic mass is 19.1. The number of urea groups is 1. The summed E-state index contributed by atoms with van der Waals surface area (Å²) in [7, 11) is 0. The van der Waals surface area contributed by atoms with E-state index in [-0.39, 0.29) is 11.8 Å². The van der Waals surface area contributed by atoms with E-state index in [2.05, 4.69) is 10.6 Å². The topological polar surface area (TPSA) is 58.2 Å². The van der Waals surface area contributed by atoms with E-state index >= 15 is 0 Å². The van der Waals surface area contributed by atoms with E-state index in [1.807, 2.05) is 0 Å². The zero-order valence-electron chi connectivity index (χ0n) is 8.50. The monoisotopic (exact) mass is 222 g/mol. The molecular weight excluding hydrogens is 211 g/mol. The molecule has 16 heavy (non-hydrogen) atoms. The van der Waals surface area contributed by atoms with Crippen LogP contribution in [0, 0.1) is 11.7 Å². The minimum atomic E-state index is -0.623. The molecule has 0 unspecified atom stereocenters. The Hall–Kier alpha value is -1.91. The molecule has 1 aliphatic carbocycles. The maximum Gasteiger partial charge on any atom is 0.325 e. The third-order valence-corrected chi connectivity index (χ3v) is 2.27. The molecule has 1 aromatic carbocycles. The van der Waals surface area contributed by atoms with E-state index in [0.717, 1.165) is 12.8 Å². The number of nitrogens with one attached hydrogen (secondary N) is 2. The highest BCUT2D eigenvalue weighted by Gasteiger charge is 2.30. The molecule has 2 N–H and O–H groups in total. The van der Waals surface area contributed by atoms with Crippen molar-refractivity contribution in [3.8, 4) is 0 Å². The molecule has 0 saturated heterocycles. The van der Waals surface area contributed by atoms with Gasteiger partial charge in [0.15, 0.2) is 0 Å². The van der Waals surface area contributed by atoms with Gasteiger partial charge in [0, 0.05) is 11.6 Å². The average molecular weight is 222 g/mol. The summed E-state index contributed by atoms with van der Waals surface area (Å²) in [5.41, 5.74) is 0.320. The Labute approximate surface area is 91.8 Å². The molecule has 1 saturated carbocycles. The van der Waals surface area contributed by atoms with Crippen molar-refractivity contribution in [2.24, 2.45) is 5.92 Å². The summed E-state index contributed by atoms with van der Waals surface area (Å²) in [6.45, 7) is 0. The van der Waals surface area contributed by atoms with Gasteiger partial charge in [-0.2, -0.15) is 0 Å². The predicted molar refractivity (Wildman–Crippen MR) is 56.3 cm³/mol. The van der Waals surface area contributed by atoms with Gasteiger partial charge < -0.3 is 5.32 Å². The molecule has 3 amide bonds. The summed E-state index contributed by atoms with van der Waals surface area (Å²) in [4.78, 5) is 22.5. The van der Waals surface area contributed by atoms with E-state index in [0.29, 0.717) is 5.69 Å². The first-order chi connectivity index (χ1) is 7.65. The number of carbonyl (C=O) groups is 2. The van der Waals surface area contributed by atoms with Gasteiger partial charge >= 0.3 is 6.03 Å². The van der Waals surface area contributed by atoms with Crippen LogP contribution in [0.2, 0.25) is 0 Å². The van der Waals surface area contributed by atoms with Crippen molar-refractivity contribution < 1.29 is 14.0 Å². The fourth-order valence-corrected chi connectivity index (χ4v) is 1.29. The Morgan fingerprint density at radius 3 is 2.69 bits per heavy atom. The van der Waals surface area contributed by atoms with Gasteiger partial charge in [-0.15, -0.1) is 0 Å². The molecule has 1 aromatic rings. The lowest BCUT2D eigenvalue weighted by Gasteiger charge is -2.05. The highest BCUT2D eigenvalue weighted by Crippen LogP contribution is 2.28. The highest BCUT2D eigenvalue weighted by molar-refractivity contribution is 6.02. The summed E-state index contributed by atoms with van der Waals surface area (Å²) in [6.07, 6.45) is 1.66. The van der Waals surface area contributed by atoms with Gasteiger partial charge in [-0.05, 0) is 31.0 Å². The van der Waals surface area contributed by atoms with Crippen molar-refractivity contribution >= 4 is 17.6 Å². The van der Waals surface area contributed by atoms with Gasteiger partial charge in [0.1, 0.15) is 5.82 Å². The number of carbonyl (C=O) groups excluding carboxylic acids is 2. The molecule has 4 nitrogen and oxygen atoms in total. The Morgan fingerprint density at radius 1 is 1.31 bits per heavy atom. The smallest absolute Gasteiger partial charge is 0.308 e. The number of imide groups is 1. The van der Waals surface area contributed by atoms with Crippen molar-refractivity contribution in [2.45, 2.75) is 12.8 Å². The van der Waals surface area contributed by atoms with Crippen LogP contribution in [0.4, 0.5) is 14.9 Å². The van der Waals surface area contributed by atoms with Gasteiger partial charge in [0.25, 0.3) is 0 Å². The van der Waals surface area contributed by atoms with Crippen LogP contribution in [0.25, 0.3) is 0 Å². The second-order valence-electron chi connectivity index (χ2n) is 3.73. The number of hydrogen-bond acceptors (Lipinski definition) is 2. The molecule has 0 bridgehead atoms. The molecule has 0 atom stereocenters. The van der Waals surface area contributed by atoms with E-state index in [4.69, 9.17) is 0 Å². The number of amides is 3. The van der Waals surface area contributed by atoms with Crippen LogP contribution >= 0.6 is 0 Å². The molecule has 0 spiro atoms. The van der Waals surface area contributed by atoms with E-state index < -0.39 is 11.8 Å². The molecule has 0 aliphatic heterocycles. The second-order valence-corrected chi connectivity index (χ2v) is 3.73. The summed E-state index contributed by atoms with van der Waals surface area (Å²) in [5.74, 6) is -0.738. The standard InChI is InChI=1S/C11H11FN2O2/c12-8-2-1-3-9(6-8)13-11(16)14-10(15)7-4-5-7/h1-3,6-7H,4-5H2,(H2,13,14,15,16). The molecule has 0 heterocycles. The maximum atomic E-state index is 12.8. The molecule has 1 fully saturated rings. The third-order valence-electron chi connectivity index (χ3n) is 2.27. The maximum absolute atomic E-state index is 12.8. The summed E-state index contributed by atoms with van der Waals surface area (Å²) >= 11 is 0. The van der Waals surface area contributed by atoms with Crippen LogP contribution in [0.1, 0.15) is 12.8 Å². The first kappa shape index (κ1) is 10.6. The Balaban J connectivity index is 1.89. The first-order valence-electron chi connectivity index (χ1n) is 5.02. The third kappa shape index (κ3) is 2.79. The molecular formula is C11H11FN2O2. The van der Waals surface area contributed by atoms with Gasteiger partial charge in [0.2, 0.25) is 5.91 Å². The van der Waals surface area contributed by atoms with Gasteiger partial charge in [-0.1, -0.05) is 6.07 Å². The van der Waals surface area contributed by atoms with E-state index in [9.17, 15) is 14.0 Å². The van der Waals surface area contributed by atoms with Crippen molar-refractivity contribution in [1.82, 2.24) is 5.32 Å². The molecule has 0 aromatic heterocycles. The number of hydrogen-bond donors (Lipinski definition) is 2. The average Bonchev–Trinajstić information content (AvgIpc) is 2.99. The van der Waals surface area contributed by atoms with Gasteiger partial charge in [-0.25, -0.2) is 9.18 Å². The summed E-state index contributed by atoms with van der Waals surface area (Å²) < 4.78 is 12.8. The first-order valence-corrected chi connectivity index (χ1v) is 5.02. The van der Waals surface area contributed by atoms with Crippen molar-refractivity contribution in [1.29, 1.82) is 0 Å². The summed E-state index contributed by atoms with van der Waals surface area (Å²) in [5, 5.41) is 4.58. The van der Waals surface area contributed by atoms with E-state index in [1.54, 1.807) is 6.07 Å². The lowest BCUT2D eigenvalue weighted by molar-refractivity contribution is -0.121. The van der Waals surface area contributed by atoms with Crippen LogP contribution in [-0.4, -0.2) is 11.9 Å². The van der Waals surface area contributed by atoms with Crippen LogP contribution < -0.4 is 10.6 Å². The van der Waals surface area contributed by atoms with E-state index in [1.165, 1.54) is 18.2 Å². The largest absolute Gasteiger partial charge is 0.325 e. The van der Waals surface area contributed by atoms with Crippen molar-refractivity contribution in [2.75, 3.05) is 5.32 Å². The minimum Gasteiger partial charge on any atom is -0.308 e. The van der Waals surface area contributed by atoms with Crippen LogP contribution in [0.3, 0.4) is 0 Å². The lowest BCUT2D eigenvalue weighted by Crippen LogP contribution is -2.35. The van der Waals surface area contributed by atoms with Gasteiger partial charge in [0.05, 0.1) is 0 Å². The van der Waals surface area contributed by atoms with Gasteiger partial charge in [-0.3, -0.25) is 10.1 Å². The predicted octanol–water partition coefficient (Wildman–Crippen LogP) is 1.88. The quantitative estimate of drug-likeness (QED) is 0.802. The number of rotatable bonds is 2. The molecule has 2 rings (SSSR count). The molecule has 84 valence electrons. The zero-order chi connectivity index (χ0) is 11.5. The number of halogens is 1.